The number of aliphatic hydroxyl groups excluding tert-OH is 7. The number of ether oxygens (including phenoxy) is 8. The third kappa shape index (κ3) is 6.44. The van der Waals surface area contributed by atoms with Crippen LogP contribution in [0.1, 0.15) is 23.3 Å². The first-order valence-electron chi connectivity index (χ1n) is 15.6. The van der Waals surface area contributed by atoms with Crippen molar-refractivity contribution in [3.8, 4) is 23.0 Å². The van der Waals surface area contributed by atoms with Crippen LogP contribution in [0.5, 0.6) is 23.0 Å². The Morgan fingerprint density at radius 1 is 0.646 bits per heavy atom. The van der Waals surface area contributed by atoms with Crippen LogP contribution in [-0.4, -0.2) is 143 Å². The molecule has 4 aliphatic rings. The maximum absolute atomic E-state index is 11.0. The number of aliphatic hydroxyl groups is 7. The van der Waals surface area contributed by atoms with Gasteiger partial charge in [0.15, 0.2) is 35.4 Å². The number of fused-ring (bicyclic) bond motifs is 1. The first kappa shape index (κ1) is 35.0. The third-order valence-electron chi connectivity index (χ3n) is 9.52. The van der Waals surface area contributed by atoms with Gasteiger partial charge in [-0.3, -0.25) is 0 Å². The van der Waals surface area contributed by atoms with E-state index in [9.17, 15) is 40.9 Å². The zero-order valence-electron chi connectivity index (χ0n) is 26.2. The van der Waals surface area contributed by atoms with E-state index in [4.69, 9.17) is 37.9 Å². The Balaban J connectivity index is 1.20. The van der Waals surface area contributed by atoms with Gasteiger partial charge in [0.05, 0.1) is 52.9 Å². The number of rotatable bonds is 10. The van der Waals surface area contributed by atoms with E-state index in [1.807, 2.05) is 0 Å². The zero-order chi connectivity index (χ0) is 34.3. The van der Waals surface area contributed by atoms with Crippen molar-refractivity contribution in [3.63, 3.8) is 0 Å². The molecule has 2 aromatic rings. The van der Waals surface area contributed by atoms with Crippen LogP contribution in [0.25, 0.3) is 0 Å². The summed E-state index contributed by atoms with van der Waals surface area (Å²) in [6, 6.07) is 10.2. The van der Waals surface area contributed by atoms with Gasteiger partial charge in [0.1, 0.15) is 42.7 Å². The number of benzene rings is 2. The van der Waals surface area contributed by atoms with Crippen molar-refractivity contribution in [2.24, 2.45) is 11.8 Å². The van der Waals surface area contributed by atoms with Gasteiger partial charge in [0, 0.05) is 11.8 Å². The molecule has 14 atom stereocenters. The number of aromatic hydroxyl groups is 1. The lowest BCUT2D eigenvalue weighted by Gasteiger charge is -2.45. The Kier molecular flexibility index (Phi) is 10.6. The van der Waals surface area contributed by atoms with Crippen molar-refractivity contribution in [2.45, 2.75) is 73.6 Å². The van der Waals surface area contributed by atoms with Gasteiger partial charge in [-0.15, -0.1) is 0 Å². The first-order chi connectivity index (χ1) is 23.1. The van der Waals surface area contributed by atoms with Crippen molar-refractivity contribution in [1.29, 1.82) is 0 Å². The van der Waals surface area contributed by atoms with E-state index in [0.29, 0.717) is 19.0 Å². The molecule has 16 nitrogen and oxygen atoms in total. The lowest BCUT2D eigenvalue weighted by atomic mass is 9.85. The fourth-order valence-corrected chi connectivity index (χ4v) is 6.82. The molecule has 2 aromatic carbocycles. The maximum Gasteiger partial charge on any atom is 0.229 e. The van der Waals surface area contributed by atoms with Gasteiger partial charge in [0.2, 0.25) is 6.29 Å². The topological polar surface area (TPSA) is 236 Å². The molecule has 16 heteroatoms. The van der Waals surface area contributed by atoms with Crippen LogP contribution in [0.3, 0.4) is 0 Å². The van der Waals surface area contributed by atoms with E-state index in [0.717, 1.165) is 11.1 Å². The van der Waals surface area contributed by atoms with Gasteiger partial charge < -0.3 is 78.7 Å². The predicted molar refractivity (Wildman–Crippen MR) is 159 cm³/mol. The van der Waals surface area contributed by atoms with Crippen LogP contribution in [0.4, 0.5) is 0 Å². The van der Waals surface area contributed by atoms with Crippen LogP contribution >= 0.6 is 0 Å². The molecule has 0 unspecified atom stereocenters. The SMILES string of the molecule is COc1cc([C@@H]2OC[C@H]3[C@@H]2CO[C@H]3c2ccc(O[C@@H]3O[C@H](CO)[C@@H](O)[C@H](O)[C@H]3O[C@@H]3O[C@H](CO)[C@@H](O)[C@H](O)[C@H]3O)c(OC)c2)ccc1O. The van der Waals surface area contributed by atoms with Crippen molar-refractivity contribution in [2.75, 3.05) is 40.6 Å². The van der Waals surface area contributed by atoms with Crippen molar-refractivity contribution >= 4 is 0 Å². The summed E-state index contributed by atoms with van der Waals surface area (Å²) in [4.78, 5) is 0. The number of hydrogen-bond donors (Lipinski definition) is 8. The van der Waals surface area contributed by atoms with Gasteiger partial charge in [0.25, 0.3) is 0 Å². The van der Waals surface area contributed by atoms with E-state index < -0.39 is 74.6 Å². The average Bonchev–Trinajstić information content (AvgIpc) is 3.71. The van der Waals surface area contributed by atoms with Gasteiger partial charge in [-0.1, -0.05) is 12.1 Å². The number of hydrogen-bond acceptors (Lipinski definition) is 16. The summed E-state index contributed by atoms with van der Waals surface area (Å²) in [5, 5.41) is 81.8. The van der Waals surface area contributed by atoms with Gasteiger partial charge in [-0.05, 0) is 35.4 Å². The monoisotopic (exact) mass is 682 g/mol. The summed E-state index contributed by atoms with van der Waals surface area (Å²) in [6.07, 6.45) is -16.5. The van der Waals surface area contributed by atoms with Gasteiger partial charge >= 0.3 is 0 Å². The lowest BCUT2D eigenvalue weighted by Crippen LogP contribution is -2.65. The fourth-order valence-electron chi connectivity index (χ4n) is 6.82. The van der Waals surface area contributed by atoms with E-state index in [-0.39, 0.29) is 41.3 Å². The minimum atomic E-state index is -1.80. The van der Waals surface area contributed by atoms with Crippen molar-refractivity contribution < 1.29 is 78.7 Å². The predicted octanol–water partition coefficient (Wildman–Crippen LogP) is -1.51. The quantitative estimate of drug-likeness (QED) is 0.142. The normalized spacial score (nSPS) is 39.6. The molecule has 0 aliphatic carbocycles. The zero-order valence-corrected chi connectivity index (χ0v) is 26.2. The summed E-state index contributed by atoms with van der Waals surface area (Å²) in [5.41, 5.74) is 1.64. The highest BCUT2D eigenvalue weighted by Crippen LogP contribution is 2.51. The van der Waals surface area contributed by atoms with Gasteiger partial charge in [-0.25, -0.2) is 0 Å². The molecule has 0 saturated carbocycles. The second kappa shape index (κ2) is 14.6. The highest BCUT2D eigenvalue weighted by molar-refractivity contribution is 5.45. The van der Waals surface area contributed by atoms with E-state index in [1.165, 1.54) is 14.2 Å². The molecule has 6 rings (SSSR count). The molecular weight excluding hydrogens is 640 g/mol. The first-order valence-corrected chi connectivity index (χ1v) is 15.6. The Morgan fingerprint density at radius 2 is 1.19 bits per heavy atom. The highest BCUT2D eigenvalue weighted by atomic mass is 16.8. The van der Waals surface area contributed by atoms with E-state index >= 15 is 0 Å². The van der Waals surface area contributed by atoms with E-state index in [2.05, 4.69) is 0 Å². The molecule has 4 saturated heterocycles. The summed E-state index contributed by atoms with van der Waals surface area (Å²) in [7, 11) is 2.91. The molecule has 48 heavy (non-hydrogen) atoms. The molecule has 4 aliphatic heterocycles. The maximum atomic E-state index is 11.0. The minimum Gasteiger partial charge on any atom is -0.504 e. The lowest BCUT2D eigenvalue weighted by molar-refractivity contribution is -0.357. The molecule has 266 valence electrons. The standard InChI is InChI=1S/C32H42O16/c1-41-19-7-13(3-5-17(19)35)28-15-11-44-29(16(15)12-43-28)14-4-6-18(20(8-14)42-2)45-32-30(26(39)24(37)22(10-34)47-32)48-31-27(40)25(38)23(36)21(9-33)46-31/h3-8,15-16,21-40H,9-12H2,1-2H3/t15-,16-,21+,22+,23+,24+,25-,26-,27+,28-,29-,30+,31-,32+/m0/s1. The summed E-state index contributed by atoms with van der Waals surface area (Å²) in [6.45, 7) is -0.529. The molecule has 0 bridgehead atoms. The molecule has 8 N–H and O–H groups in total. The molecule has 0 radical (unpaired) electrons. The Bertz CT molecular complexity index is 1390. The largest absolute Gasteiger partial charge is 0.504 e. The second-order valence-corrected chi connectivity index (χ2v) is 12.3. The minimum absolute atomic E-state index is 0.00575. The van der Waals surface area contributed by atoms with Crippen molar-refractivity contribution in [3.05, 3.63) is 47.5 Å². The van der Waals surface area contributed by atoms with E-state index in [1.54, 1.807) is 36.4 Å². The summed E-state index contributed by atoms with van der Waals surface area (Å²) in [5.74, 6) is 0.825. The fraction of sp³-hybridized carbons (Fsp3) is 0.625. The molecule has 4 fully saturated rings. The smallest absolute Gasteiger partial charge is 0.229 e. The van der Waals surface area contributed by atoms with Crippen LogP contribution in [-0.2, 0) is 23.7 Å². The average molecular weight is 683 g/mol. The van der Waals surface area contributed by atoms with Crippen LogP contribution in [0.15, 0.2) is 36.4 Å². The molecule has 4 heterocycles. The van der Waals surface area contributed by atoms with Gasteiger partial charge in [-0.2, -0.15) is 0 Å². The number of phenolic OH excluding ortho intramolecular Hbond substituents is 1. The summed E-state index contributed by atoms with van der Waals surface area (Å²) >= 11 is 0. The molecule has 0 aromatic heterocycles. The van der Waals surface area contributed by atoms with Crippen LogP contribution in [0, 0.1) is 11.8 Å². The van der Waals surface area contributed by atoms with Crippen molar-refractivity contribution in [1.82, 2.24) is 0 Å². The van der Waals surface area contributed by atoms with Crippen LogP contribution in [0.2, 0.25) is 0 Å². The third-order valence-corrected chi connectivity index (χ3v) is 9.52. The highest BCUT2D eigenvalue weighted by Gasteiger charge is 2.52. The number of methoxy groups -OCH3 is 2. The Hall–Kier alpha value is -2.84. The molecular formula is C32H42O16. The van der Waals surface area contributed by atoms with Crippen LogP contribution < -0.4 is 14.2 Å². The molecule has 0 amide bonds. The number of phenols is 1. The summed E-state index contributed by atoms with van der Waals surface area (Å²) < 4.78 is 46.3. The molecule has 0 spiro atoms. The Labute approximate surface area is 275 Å². The Morgan fingerprint density at radius 3 is 1.77 bits per heavy atom. The second-order valence-electron chi connectivity index (χ2n) is 12.3.